The number of rotatable bonds is 5. The Labute approximate surface area is 179 Å². The molecule has 2 aromatic carbocycles. The van der Waals surface area contributed by atoms with Gasteiger partial charge < -0.3 is 9.52 Å². The number of nitrogens with one attached hydrogen (secondary N) is 1. The quantitative estimate of drug-likeness (QED) is 0.339. The fraction of sp³-hybridized carbons (Fsp3) is 0. The van der Waals surface area contributed by atoms with Crippen LogP contribution in [0.5, 0.6) is 5.75 Å². The van der Waals surface area contributed by atoms with Gasteiger partial charge in [-0.2, -0.15) is 0 Å². The molecule has 2 aromatic heterocycles. The van der Waals surface area contributed by atoms with Crippen molar-refractivity contribution in [3.63, 3.8) is 0 Å². The first kappa shape index (κ1) is 20.1. The molecule has 10 heteroatoms. The molecule has 0 bridgehead atoms. The van der Waals surface area contributed by atoms with E-state index in [1.54, 1.807) is 0 Å². The predicted molar refractivity (Wildman–Crippen MR) is 114 cm³/mol. The van der Waals surface area contributed by atoms with Gasteiger partial charge in [-0.15, -0.1) is 11.3 Å². The van der Waals surface area contributed by atoms with Crippen molar-refractivity contribution >= 4 is 55.4 Å². The van der Waals surface area contributed by atoms with Crippen LogP contribution in [0.1, 0.15) is 15.9 Å². The Kier molecular flexibility index (Phi) is 5.10. The number of anilines is 1. The van der Waals surface area contributed by atoms with Crippen molar-refractivity contribution in [2.24, 2.45) is 0 Å². The van der Waals surface area contributed by atoms with E-state index in [0.29, 0.717) is 9.72 Å². The van der Waals surface area contributed by atoms with Crippen LogP contribution in [-0.4, -0.2) is 19.3 Å². The molecule has 4 aromatic rings. The molecule has 0 saturated carbocycles. The molecule has 0 radical (unpaired) electrons. The minimum Gasteiger partial charge on any atom is -0.508 e. The summed E-state index contributed by atoms with van der Waals surface area (Å²) in [6.07, 6.45) is 0. The molecule has 0 aliphatic rings. The molecular weight excluding hydrogens is 450 g/mol. The van der Waals surface area contributed by atoms with Crippen molar-refractivity contribution in [3.05, 3.63) is 86.5 Å². The van der Waals surface area contributed by atoms with E-state index in [1.807, 2.05) is 0 Å². The zero-order valence-electron chi connectivity index (χ0n) is 15.0. The molecule has 4 rings (SSSR count). The molecule has 0 aliphatic carbocycles. The van der Waals surface area contributed by atoms with Crippen LogP contribution in [-0.2, 0) is 10.0 Å². The van der Waals surface area contributed by atoms with Gasteiger partial charge in [0.25, 0.3) is 10.0 Å². The summed E-state index contributed by atoms with van der Waals surface area (Å²) in [6.45, 7) is 0. The number of ketones is 1. The van der Waals surface area contributed by atoms with Crippen molar-refractivity contribution in [2.75, 3.05) is 4.72 Å². The summed E-state index contributed by atoms with van der Waals surface area (Å²) in [7, 11) is -3.80. The van der Waals surface area contributed by atoms with Gasteiger partial charge in [-0.1, -0.05) is 11.6 Å². The van der Waals surface area contributed by atoms with E-state index in [0.717, 1.165) is 11.3 Å². The number of carbonyl (C=O) groups excluding carboxylic acids is 1. The van der Waals surface area contributed by atoms with E-state index >= 15 is 0 Å². The van der Waals surface area contributed by atoms with Crippen LogP contribution in [0.2, 0.25) is 4.34 Å². The number of sulfonamides is 1. The summed E-state index contributed by atoms with van der Waals surface area (Å²) in [4.78, 5) is 24.9. The second-order valence-electron chi connectivity index (χ2n) is 6.24. The number of benzene rings is 2. The highest BCUT2D eigenvalue weighted by Gasteiger charge is 2.19. The van der Waals surface area contributed by atoms with Crippen LogP contribution >= 0.6 is 22.9 Å². The predicted octanol–water partition coefficient (Wildman–Crippen LogP) is 4.25. The Morgan fingerprint density at radius 3 is 2.43 bits per heavy atom. The van der Waals surface area contributed by atoms with Crippen LogP contribution in [0.3, 0.4) is 0 Å². The molecule has 0 spiro atoms. The lowest BCUT2D eigenvalue weighted by Crippen LogP contribution is -2.15. The minimum atomic E-state index is -3.80. The molecule has 0 aliphatic heterocycles. The Morgan fingerprint density at radius 1 is 1.03 bits per heavy atom. The van der Waals surface area contributed by atoms with Gasteiger partial charge in [-0.25, -0.2) is 13.2 Å². The third-order valence-electron chi connectivity index (χ3n) is 4.18. The first-order chi connectivity index (χ1) is 14.2. The number of aromatic hydroxyl groups is 1. The van der Waals surface area contributed by atoms with Crippen molar-refractivity contribution < 1.29 is 22.7 Å². The number of phenolic OH excluding ortho intramolecular Hbond substituents is 1. The molecule has 0 atom stereocenters. The summed E-state index contributed by atoms with van der Waals surface area (Å²) in [5.74, 6) is -0.634. The monoisotopic (exact) mass is 461 g/mol. The van der Waals surface area contributed by atoms with Crippen molar-refractivity contribution in [1.29, 1.82) is 0 Å². The zero-order valence-corrected chi connectivity index (χ0v) is 17.3. The molecule has 30 heavy (non-hydrogen) atoms. The normalized spacial score (nSPS) is 11.5. The summed E-state index contributed by atoms with van der Waals surface area (Å²) in [5, 5.41) is 9.96. The van der Waals surface area contributed by atoms with Gasteiger partial charge in [0.15, 0.2) is 5.78 Å². The summed E-state index contributed by atoms with van der Waals surface area (Å²) < 4.78 is 32.6. The molecule has 0 saturated heterocycles. The van der Waals surface area contributed by atoms with Crippen LogP contribution < -0.4 is 10.3 Å². The fourth-order valence-corrected chi connectivity index (χ4v) is 5.29. The fourth-order valence-electron chi connectivity index (χ4n) is 2.75. The highest BCUT2D eigenvalue weighted by Crippen LogP contribution is 2.27. The van der Waals surface area contributed by atoms with Gasteiger partial charge >= 0.3 is 5.63 Å². The van der Waals surface area contributed by atoms with E-state index in [1.165, 1.54) is 60.7 Å². The topological polar surface area (TPSA) is 114 Å². The Morgan fingerprint density at radius 2 is 1.77 bits per heavy atom. The number of halogens is 1. The maximum Gasteiger partial charge on any atom is 0.347 e. The lowest BCUT2D eigenvalue weighted by molar-refractivity contribution is 0.103. The van der Waals surface area contributed by atoms with Crippen molar-refractivity contribution in [3.8, 4) is 5.75 Å². The molecule has 0 fully saturated rings. The van der Waals surface area contributed by atoms with Crippen LogP contribution in [0.15, 0.2) is 74.1 Å². The van der Waals surface area contributed by atoms with Gasteiger partial charge in [0.05, 0.1) is 4.34 Å². The lowest BCUT2D eigenvalue weighted by Gasteiger charge is -2.07. The van der Waals surface area contributed by atoms with E-state index in [-0.39, 0.29) is 32.4 Å². The van der Waals surface area contributed by atoms with E-state index in [4.69, 9.17) is 16.0 Å². The molecule has 0 unspecified atom stereocenters. The zero-order chi connectivity index (χ0) is 21.5. The van der Waals surface area contributed by atoms with E-state index in [9.17, 15) is 23.1 Å². The average Bonchev–Trinajstić information content (AvgIpc) is 3.14. The van der Waals surface area contributed by atoms with Crippen molar-refractivity contribution in [2.45, 2.75) is 4.21 Å². The Balaban J connectivity index is 1.60. The number of hydrogen-bond acceptors (Lipinski definition) is 7. The largest absolute Gasteiger partial charge is 0.508 e. The molecule has 0 amide bonds. The third-order valence-corrected chi connectivity index (χ3v) is 7.28. The van der Waals surface area contributed by atoms with Crippen LogP contribution in [0.25, 0.3) is 11.0 Å². The Hall–Kier alpha value is -3.14. The number of fused-ring (bicyclic) bond motifs is 1. The highest BCUT2D eigenvalue weighted by atomic mass is 35.5. The highest BCUT2D eigenvalue weighted by molar-refractivity contribution is 7.94. The molecule has 2 heterocycles. The number of hydrogen-bond donors (Lipinski definition) is 2. The molecule has 152 valence electrons. The summed E-state index contributed by atoms with van der Waals surface area (Å²) in [5.41, 5.74) is -0.415. The number of thiophene rings is 1. The van der Waals surface area contributed by atoms with E-state index in [2.05, 4.69) is 4.72 Å². The van der Waals surface area contributed by atoms with Gasteiger partial charge in [0.1, 0.15) is 21.1 Å². The van der Waals surface area contributed by atoms with Crippen LogP contribution in [0.4, 0.5) is 5.69 Å². The standard InChI is InChI=1S/C20H12ClNO6S2/c21-17-7-8-18(29-17)30(26,27)22-13-4-1-11(2-5-13)19(24)15-9-12-3-6-14(23)10-16(12)28-20(15)25/h1-10,22-23H. The first-order valence-corrected chi connectivity index (χ1v) is 11.1. The van der Waals surface area contributed by atoms with Gasteiger partial charge in [-0.3, -0.25) is 9.52 Å². The second kappa shape index (κ2) is 7.60. The average molecular weight is 462 g/mol. The van der Waals surface area contributed by atoms with Gasteiger partial charge in [-0.05, 0) is 54.6 Å². The Bertz CT molecular complexity index is 1440. The maximum absolute atomic E-state index is 12.7. The summed E-state index contributed by atoms with van der Waals surface area (Å²) >= 11 is 6.71. The van der Waals surface area contributed by atoms with Gasteiger partial charge in [0, 0.05) is 22.7 Å². The van der Waals surface area contributed by atoms with Crippen molar-refractivity contribution in [1.82, 2.24) is 0 Å². The molecular formula is C20H12ClNO6S2. The van der Waals surface area contributed by atoms with E-state index < -0.39 is 21.4 Å². The number of phenols is 1. The molecule has 7 nitrogen and oxygen atoms in total. The lowest BCUT2D eigenvalue weighted by atomic mass is 10.0. The molecule has 2 N–H and O–H groups in total. The minimum absolute atomic E-state index is 0.0624. The maximum atomic E-state index is 12.7. The van der Waals surface area contributed by atoms with Gasteiger partial charge in [0.2, 0.25) is 0 Å². The second-order valence-corrected chi connectivity index (χ2v) is 9.86. The smallest absolute Gasteiger partial charge is 0.347 e. The SMILES string of the molecule is O=C(c1ccc(NS(=O)(=O)c2ccc(Cl)s2)cc1)c1cc2ccc(O)cc2oc1=O. The van der Waals surface area contributed by atoms with Crippen LogP contribution in [0, 0.1) is 0 Å². The first-order valence-electron chi connectivity index (χ1n) is 8.43. The number of carbonyl (C=O) groups is 1. The third kappa shape index (κ3) is 3.95. The summed E-state index contributed by atoms with van der Waals surface area (Å²) in [6, 6.07) is 14.1.